The van der Waals surface area contributed by atoms with Gasteiger partial charge in [0.15, 0.2) is 0 Å². The van der Waals surface area contributed by atoms with Crippen LogP contribution in [0.2, 0.25) is 0 Å². The first-order chi connectivity index (χ1) is 9.60. The first-order valence-corrected chi connectivity index (χ1v) is 8.63. The number of rotatable bonds is 6. The van der Waals surface area contributed by atoms with Gasteiger partial charge in [-0.15, -0.1) is 11.3 Å². The van der Waals surface area contributed by atoms with Crippen LogP contribution >= 0.6 is 27.3 Å². The summed E-state index contributed by atoms with van der Waals surface area (Å²) >= 11 is 5.35. The quantitative estimate of drug-likeness (QED) is 0.806. The van der Waals surface area contributed by atoms with Gasteiger partial charge in [-0.1, -0.05) is 13.0 Å². The van der Waals surface area contributed by atoms with E-state index in [0.29, 0.717) is 6.04 Å². The average Bonchev–Trinajstić information content (AvgIpc) is 2.80. The lowest BCUT2D eigenvalue weighted by Crippen LogP contribution is -2.25. The highest BCUT2D eigenvalue weighted by Gasteiger charge is 2.15. The highest BCUT2D eigenvalue weighted by Crippen LogP contribution is 2.28. The first-order valence-electron chi connectivity index (χ1n) is 7.02. The zero-order valence-corrected chi connectivity index (χ0v) is 14.6. The molecule has 1 unspecified atom stereocenters. The number of aromatic nitrogens is 1. The number of hydrogen-bond donors (Lipinski definition) is 1. The molecule has 2 aromatic rings. The van der Waals surface area contributed by atoms with Crippen molar-refractivity contribution in [2.45, 2.75) is 39.7 Å². The van der Waals surface area contributed by atoms with Crippen LogP contribution in [0.15, 0.2) is 28.1 Å². The third-order valence-electron chi connectivity index (χ3n) is 3.32. The van der Waals surface area contributed by atoms with E-state index in [1.165, 1.54) is 14.2 Å². The first kappa shape index (κ1) is 15.7. The standard InChI is InChI=1S/C16H21BrN2S/c1-4-9-18-15(10-13-6-8-16(17)20-13)14-7-5-11(2)19-12(14)3/h5-8,15,18H,4,9-10H2,1-3H3. The van der Waals surface area contributed by atoms with E-state index in [9.17, 15) is 0 Å². The Kier molecular flexibility index (Phi) is 5.75. The van der Waals surface area contributed by atoms with Gasteiger partial charge in [-0.2, -0.15) is 0 Å². The second-order valence-electron chi connectivity index (χ2n) is 5.04. The van der Waals surface area contributed by atoms with Crippen LogP contribution in [0, 0.1) is 13.8 Å². The fourth-order valence-corrected chi connectivity index (χ4v) is 3.87. The van der Waals surface area contributed by atoms with Gasteiger partial charge in [0.2, 0.25) is 0 Å². The second kappa shape index (κ2) is 7.34. The number of hydrogen-bond acceptors (Lipinski definition) is 3. The van der Waals surface area contributed by atoms with E-state index in [0.717, 1.165) is 30.8 Å². The van der Waals surface area contributed by atoms with Crippen LogP contribution in [-0.2, 0) is 6.42 Å². The van der Waals surface area contributed by atoms with E-state index in [-0.39, 0.29) is 0 Å². The predicted octanol–water partition coefficient (Wildman–Crippen LogP) is 4.81. The summed E-state index contributed by atoms with van der Waals surface area (Å²) in [5.74, 6) is 0. The zero-order valence-electron chi connectivity index (χ0n) is 12.2. The van der Waals surface area contributed by atoms with Crippen LogP contribution in [0.5, 0.6) is 0 Å². The minimum Gasteiger partial charge on any atom is -0.310 e. The number of thiophene rings is 1. The normalized spacial score (nSPS) is 12.6. The summed E-state index contributed by atoms with van der Waals surface area (Å²) in [7, 11) is 0. The maximum Gasteiger partial charge on any atom is 0.0701 e. The van der Waals surface area contributed by atoms with Crippen molar-refractivity contribution in [2.75, 3.05) is 6.54 Å². The molecular weight excluding hydrogens is 332 g/mol. The van der Waals surface area contributed by atoms with Crippen molar-refractivity contribution in [1.82, 2.24) is 10.3 Å². The molecular formula is C16H21BrN2S. The molecule has 0 radical (unpaired) electrons. The number of halogens is 1. The van der Waals surface area contributed by atoms with Gasteiger partial charge >= 0.3 is 0 Å². The molecule has 0 fully saturated rings. The summed E-state index contributed by atoms with van der Waals surface area (Å²) in [6.45, 7) is 7.38. The monoisotopic (exact) mass is 352 g/mol. The number of aryl methyl sites for hydroxylation is 2. The molecule has 2 heterocycles. The summed E-state index contributed by atoms with van der Waals surface area (Å²) < 4.78 is 1.19. The second-order valence-corrected chi connectivity index (χ2v) is 7.59. The van der Waals surface area contributed by atoms with Gasteiger partial charge in [0, 0.05) is 28.7 Å². The van der Waals surface area contributed by atoms with Gasteiger partial charge in [0.1, 0.15) is 0 Å². The molecule has 2 aromatic heterocycles. The third kappa shape index (κ3) is 4.14. The molecule has 0 aliphatic carbocycles. The van der Waals surface area contributed by atoms with Gasteiger partial charge in [0.05, 0.1) is 3.79 Å². The van der Waals surface area contributed by atoms with E-state index in [1.807, 2.05) is 18.3 Å². The fraction of sp³-hybridized carbons (Fsp3) is 0.438. The van der Waals surface area contributed by atoms with Crippen LogP contribution in [0.1, 0.15) is 41.2 Å². The number of pyridine rings is 1. The Morgan fingerprint density at radius 3 is 2.65 bits per heavy atom. The van der Waals surface area contributed by atoms with Gasteiger partial charge in [0.25, 0.3) is 0 Å². The van der Waals surface area contributed by atoms with E-state index in [1.54, 1.807) is 0 Å². The highest BCUT2D eigenvalue weighted by atomic mass is 79.9. The molecule has 0 aliphatic heterocycles. The van der Waals surface area contributed by atoms with Gasteiger partial charge < -0.3 is 5.32 Å². The Bertz CT molecular complexity index is 565. The van der Waals surface area contributed by atoms with E-state index >= 15 is 0 Å². The van der Waals surface area contributed by atoms with Crippen molar-refractivity contribution in [3.63, 3.8) is 0 Å². The van der Waals surface area contributed by atoms with Crippen molar-refractivity contribution in [2.24, 2.45) is 0 Å². The summed E-state index contributed by atoms with van der Waals surface area (Å²) in [5, 5.41) is 3.66. The van der Waals surface area contributed by atoms with Crippen LogP contribution in [0.3, 0.4) is 0 Å². The minimum absolute atomic E-state index is 0.341. The predicted molar refractivity (Wildman–Crippen MR) is 90.5 cm³/mol. The van der Waals surface area contributed by atoms with Gasteiger partial charge in [-0.3, -0.25) is 4.98 Å². The van der Waals surface area contributed by atoms with Crippen LogP contribution in [-0.4, -0.2) is 11.5 Å². The van der Waals surface area contributed by atoms with Crippen molar-refractivity contribution in [1.29, 1.82) is 0 Å². The van der Waals surface area contributed by atoms with E-state index in [2.05, 4.69) is 64.3 Å². The van der Waals surface area contributed by atoms with Crippen LogP contribution in [0.25, 0.3) is 0 Å². The highest BCUT2D eigenvalue weighted by molar-refractivity contribution is 9.11. The van der Waals surface area contributed by atoms with Crippen LogP contribution in [0.4, 0.5) is 0 Å². The molecule has 0 bridgehead atoms. The maximum atomic E-state index is 4.60. The molecule has 1 atom stereocenters. The van der Waals surface area contributed by atoms with Gasteiger partial charge in [-0.25, -0.2) is 0 Å². The largest absolute Gasteiger partial charge is 0.310 e. The summed E-state index contributed by atoms with van der Waals surface area (Å²) in [6, 6.07) is 8.98. The lowest BCUT2D eigenvalue weighted by atomic mass is 10.0. The molecule has 108 valence electrons. The van der Waals surface area contributed by atoms with Gasteiger partial charge in [-0.05, 0) is 66.5 Å². The molecule has 0 saturated carbocycles. The molecule has 0 aliphatic rings. The molecule has 1 N–H and O–H groups in total. The molecule has 0 saturated heterocycles. The Morgan fingerprint density at radius 2 is 2.05 bits per heavy atom. The molecule has 4 heteroatoms. The Labute approximate surface area is 133 Å². The summed E-state index contributed by atoms with van der Waals surface area (Å²) in [5.41, 5.74) is 3.53. The molecule has 0 spiro atoms. The lowest BCUT2D eigenvalue weighted by Gasteiger charge is -2.20. The summed E-state index contributed by atoms with van der Waals surface area (Å²) in [4.78, 5) is 6.00. The fourth-order valence-electron chi connectivity index (χ4n) is 2.34. The Morgan fingerprint density at radius 1 is 1.25 bits per heavy atom. The van der Waals surface area contributed by atoms with E-state index < -0.39 is 0 Å². The molecule has 20 heavy (non-hydrogen) atoms. The number of nitrogens with one attached hydrogen (secondary N) is 1. The lowest BCUT2D eigenvalue weighted by molar-refractivity contribution is 0.528. The van der Waals surface area contributed by atoms with Crippen LogP contribution < -0.4 is 5.32 Å². The molecule has 2 nitrogen and oxygen atoms in total. The van der Waals surface area contributed by atoms with Crippen molar-refractivity contribution in [3.05, 3.63) is 49.9 Å². The van der Waals surface area contributed by atoms with Crippen molar-refractivity contribution in [3.8, 4) is 0 Å². The maximum absolute atomic E-state index is 4.60. The Hall–Kier alpha value is -0.710. The van der Waals surface area contributed by atoms with Crippen molar-refractivity contribution < 1.29 is 0 Å². The molecule has 2 rings (SSSR count). The summed E-state index contributed by atoms with van der Waals surface area (Å²) in [6.07, 6.45) is 2.16. The van der Waals surface area contributed by atoms with E-state index in [4.69, 9.17) is 0 Å². The molecule has 0 amide bonds. The smallest absolute Gasteiger partial charge is 0.0701 e. The Balaban J connectivity index is 2.22. The zero-order chi connectivity index (χ0) is 14.5. The average molecular weight is 353 g/mol. The third-order valence-corrected chi connectivity index (χ3v) is 4.96. The molecule has 0 aromatic carbocycles. The minimum atomic E-state index is 0.341. The topological polar surface area (TPSA) is 24.9 Å². The number of nitrogens with zero attached hydrogens (tertiary/aromatic N) is 1. The van der Waals surface area contributed by atoms with Crippen molar-refractivity contribution >= 4 is 27.3 Å². The SMILES string of the molecule is CCCNC(Cc1ccc(Br)s1)c1ccc(C)nc1C.